The van der Waals surface area contributed by atoms with Crippen LogP contribution in [0.15, 0.2) is 48.5 Å². The van der Waals surface area contributed by atoms with Gasteiger partial charge in [-0.15, -0.1) is 0 Å². The molecule has 0 aliphatic carbocycles. The van der Waals surface area contributed by atoms with E-state index in [-0.39, 0.29) is 6.54 Å². The van der Waals surface area contributed by atoms with Crippen molar-refractivity contribution >= 4 is 23.3 Å². The third-order valence-electron chi connectivity index (χ3n) is 3.63. The summed E-state index contributed by atoms with van der Waals surface area (Å²) >= 11 is 0. The number of anilines is 2. The van der Waals surface area contributed by atoms with Gasteiger partial charge in [-0.1, -0.05) is 18.2 Å². The Morgan fingerprint density at radius 3 is 2.52 bits per heavy atom. The summed E-state index contributed by atoms with van der Waals surface area (Å²) in [7, 11) is 1.79. The molecule has 7 nitrogen and oxygen atoms in total. The van der Waals surface area contributed by atoms with Crippen LogP contribution >= 0.6 is 0 Å². The molecule has 2 aromatic carbocycles. The molecule has 1 aliphatic rings. The number of imide groups is 1. The molecule has 2 N–H and O–H groups in total. The van der Waals surface area contributed by atoms with Crippen molar-refractivity contribution in [3.8, 4) is 11.5 Å². The van der Waals surface area contributed by atoms with Crippen LogP contribution in [0.2, 0.25) is 0 Å². The lowest BCUT2D eigenvalue weighted by Gasteiger charge is -2.19. The lowest BCUT2D eigenvalue weighted by Crippen LogP contribution is -2.40. The summed E-state index contributed by atoms with van der Waals surface area (Å²) in [5.41, 5.74) is 1.41. The standard InChI is InChI=1S/C18H19N3O4/c1-21(14-5-3-2-4-6-14)12-17(22)20-18(23)19-13-7-8-15-16(11-13)25-10-9-24-15/h2-8,11H,9-10,12H2,1H3,(H2,19,20,22,23). The molecule has 130 valence electrons. The summed E-state index contributed by atoms with van der Waals surface area (Å²) in [5.74, 6) is 0.804. The molecule has 1 aliphatic heterocycles. The number of nitrogens with one attached hydrogen (secondary N) is 2. The molecule has 0 saturated carbocycles. The van der Waals surface area contributed by atoms with Gasteiger partial charge in [-0.05, 0) is 24.3 Å². The number of amides is 3. The van der Waals surface area contributed by atoms with Gasteiger partial charge in [0.15, 0.2) is 11.5 Å². The third kappa shape index (κ3) is 4.41. The second-order valence-corrected chi connectivity index (χ2v) is 5.55. The summed E-state index contributed by atoms with van der Waals surface area (Å²) in [6.45, 7) is 1.04. The number of urea groups is 1. The minimum Gasteiger partial charge on any atom is -0.486 e. The van der Waals surface area contributed by atoms with Gasteiger partial charge >= 0.3 is 6.03 Å². The minimum atomic E-state index is -0.594. The van der Waals surface area contributed by atoms with E-state index in [0.717, 1.165) is 5.69 Å². The van der Waals surface area contributed by atoms with E-state index in [1.54, 1.807) is 30.1 Å². The maximum Gasteiger partial charge on any atom is 0.325 e. The number of likely N-dealkylation sites (N-methyl/N-ethyl adjacent to an activating group) is 1. The molecule has 0 saturated heterocycles. The zero-order valence-electron chi connectivity index (χ0n) is 13.8. The average molecular weight is 341 g/mol. The van der Waals surface area contributed by atoms with Crippen LogP contribution in [0.4, 0.5) is 16.2 Å². The number of hydrogen-bond acceptors (Lipinski definition) is 5. The second kappa shape index (κ2) is 7.57. The predicted octanol–water partition coefficient (Wildman–Crippen LogP) is 2.24. The Kier molecular flexibility index (Phi) is 5.03. The smallest absolute Gasteiger partial charge is 0.325 e. The predicted molar refractivity (Wildman–Crippen MR) is 94.3 cm³/mol. The van der Waals surface area contributed by atoms with Gasteiger partial charge in [0, 0.05) is 24.5 Å². The maximum atomic E-state index is 12.0. The quantitative estimate of drug-likeness (QED) is 0.891. The number of fused-ring (bicyclic) bond motifs is 1. The molecular weight excluding hydrogens is 322 g/mol. The molecule has 2 aromatic rings. The molecule has 0 spiro atoms. The SMILES string of the molecule is CN(CC(=O)NC(=O)Nc1ccc2c(c1)OCCO2)c1ccccc1. The van der Waals surface area contributed by atoms with Crippen LogP contribution in [-0.2, 0) is 4.79 Å². The Morgan fingerprint density at radius 2 is 1.76 bits per heavy atom. The van der Waals surface area contributed by atoms with Crippen LogP contribution in [0.1, 0.15) is 0 Å². The summed E-state index contributed by atoms with van der Waals surface area (Å²) < 4.78 is 10.9. The van der Waals surface area contributed by atoms with Crippen LogP contribution in [-0.4, -0.2) is 38.7 Å². The van der Waals surface area contributed by atoms with E-state index in [1.807, 2.05) is 30.3 Å². The molecule has 3 rings (SSSR count). The van der Waals surface area contributed by atoms with E-state index < -0.39 is 11.9 Å². The summed E-state index contributed by atoms with van der Waals surface area (Å²) in [5, 5.41) is 4.92. The maximum absolute atomic E-state index is 12.0. The van der Waals surface area contributed by atoms with Gasteiger partial charge in [-0.2, -0.15) is 0 Å². The molecule has 0 aromatic heterocycles. The summed E-state index contributed by atoms with van der Waals surface area (Å²) in [6.07, 6.45) is 0. The Balaban J connectivity index is 1.53. The largest absolute Gasteiger partial charge is 0.486 e. The van der Waals surface area contributed by atoms with E-state index in [1.165, 1.54) is 0 Å². The van der Waals surface area contributed by atoms with Crippen LogP contribution in [0.25, 0.3) is 0 Å². The highest BCUT2D eigenvalue weighted by Gasteiger charge is 2.14. The number of hydrogen-bond donors (Lipinski definition) is 2. The number of carbonyl (C=O) groups excluding carboxylic acids is 2. The lowest BCUT2D eigenvalue weighted by molar-refractivity contribution is -0.118. The van der Waals surface area contributed by atoms with Crippen molar-refractivity contribution < 1.29 is 19.1 Å². The fourth-order valence-electron chi connectivity index (χ4n) is 2.44. The molecule has 3 amide bonds. The molecular formula is C18H19N3O4. The van der Waals surface area contributed by atoms with Gasteiger partial charge in [-0.3, -0.25) is 10.1 Å². The number of nitrogens with zero attached hydrogens (tertiary/aromatic N) is 1. The van der Waals surface area contributed by atoms with Crippen molar-refractivity contribution in [3.63, 3.8) is 0 Å². The van der Waals surface area contributed by atoms with Crippen molar-refractivity contribution in [2.75, 3.05) is 37.0 Å². The molecule has 7 heteroatoms. The van der Waals surface area contributed by atoms with Gasteiger partial charge in [0.1, 0.15) is 13.2 Å². The summed E-state index contributed by atoms with van der Waals surface area (Å²) in [4.78, 5) is 25.7. The minimum absolute atomic E-state index is 0.0680. The molecule has 25 heavy (non-hydrogen) atoms. The van der Waals surface area contributed by atoms with Gasteiger partial charge in [0.25, 0.3) is 0 Å². The highest BCUT2D eigenvalue weighted by Crippen LogP contribution is 2.32. The van der Waals surface area contributed by atoms with Crippen LogP contribution in [0.5, 0.6) is 11.5 Å². The average Bonchev–Trinajstić information content (AvgIpc) is 2.62. The second-order valence-electron chi connectivity index (χ2n) is 5.55. The van der Waals surface area contributed by atoms with Crippen LogP contribution in [0.3, 0.4) is 0 Å². The monoisotopic (exact) mass is 341 g/mol. The van der Waals surface area contributed by atoms with Crippen molar-refractivity contribution in [1.82, 2.24) is 5.32 Å². The first kappa shape index (κ1) is 16.6. The van der Waals surface area contributed by atoms with Crippen LogP contribution < -0.4 is 25.0 Å². The molecule has 0 unspecified atom stereocenters. The van der Waals surface area contributed by atoms with Crippen molar-refractivity contribution in [2.24, 2.45) is 0 Å². The highest BCUT2D eigenvalue weighted by molar-refractivity contribution is 6.02. The van der Waals surface area contributed by atoms with Gasteiger partial charge in [-0.25, -0.2) is 4.79 Å². The van der Waals surface area contributed by atoms with Crippen molar-refractivity contribution in [1.29, 1.82) is 0 Å². The fourth-order valence-corrected chi connectivity index (χ4v) is 2.44. The Morgan fingerprint density at radius 1 is 1.04 bits per heavy atom. The Bertz CT molecular complexity index is 764. The van der Waals surface area contributed by atoms with E-state index in [2.05, 4.69) is 10.6 Å². The zero-order valence-corrected chi connectivity index (χ0v) is 13.8. The zero-order chi connectivity index (χ0) is 17.6. The van der Waals surface area contributed by atoms with Crippen molar-refractivity contribution in [2.45, 2.75) is 0 Å². The number of benzene rings is 2. The Hall–Kier alpha value is -3.22. The van der Waals surface area contributed by atoms with Gasteiger partial charge < -0.3 is 19.7 Å². The first-order valence-electron chi connectivity index (χ1n) is 7.88. The number of rotatable bonds is 4. The number of carbonyl (C=O) groups is 2. The lowest BCUT2D eigenvalue weighted by atomic mass is 10.2. The normalized spacial score (nSPS) is 12.2. The topological polar surface area (TPSA) is 79.9 Å². The fraction of sp³-hybridized carbons (Fsp3) is 0.222. The number of para-hydroxylation sites is 1. The van der Waals surface area contributed by atoms with E-state index in [4.69, 9.17) is 9.47 Å². The first-order valence-corrected chi connectivity index (χ1v) is 7.88. The molecule has 0 atom stereocenters. The molecule has 0 radical (unpaired) electrons. The molecule has 0 bridgehead atoms. The van der Waals surface area contributed by atoms with E-state index in [0.29, 0.717) is 30.4 Å². The van der Waals surface area contributed by atoms with E-state index >= 15 is 0 Å². The Labute approximate surface area is 145 Å². The first-order chi connectivity index (χ1) is 12.1. The van der Waals surface area contributed by atoms with Crippen molar-refractivity contribution in [3.05, 3.63) is 48.5 Å². The third-order valence-corrected chi connectivity index (χ3v) is 3.63. The van der Waals surface area contributed by atoms with Gasteiger partial charge in [0.2, 0.25) is 5.91 Å². The summed E-state index contributed by atoms with van der Waals surface area (Å²) in [6, 6.07) is 13.9. The molecule has 1 heterocycles. The van der Waals surface area contributed by atoms with E-state index in [9.17, 15) is 9.59 Å². The number of ether oxygens (including phenoxy) is 2. The molecule has 0 fully saturated rings. The van der Waals surface area contributed by atoms with Gasteiger partial charge in [0.05, 0.1) is 6.54 Å². The highest BCUT2D eigenvalue weighted by atomic mass is 16.6. The van der Waals surface area contributed by atoms with Crippen LogP contribution in [0, 0.1) is 0 Å².